The minimum Gasteiger partial charge on any atom is -0.469 e. The summed E-state index contributed by atoms with van der Waals surface area (Å²) >= 11 is 1.55. The number of carbonyl (C=O) groups excluding carboxylic acids is 2. The second-order valence-electron chi connectivity index (χ2n) is 7.56. The summed E-state index contributed by atoms with van der Waals surface area (Å²) in [6.45, 7) is 3.65. The second-order valence-corrected chi connectivity index (χ2v) is 8.28. The number of carbonyl (C=O) groups is 2. The Morgan fingerprint density at radius 2 is 2.07 bits per heavy atom. The van der Waals surface area contributed by atoms with Crippen LogP contribution in [0, 0.1) is 5.41 Å². The number of nitrogens with one attached hydrogen (secondary N) is 1. The molecule has 0 aliphatic carbocycles. The highest BCUT2D eigenvalue weighted by atomic mass is 35.5. The molecule has 0 radical (unpaired) electrons. The van der Waals surface area contributed by atoms with Gasteiger partial charge in [0.15, 0.2) is 0 Å². The van der Waals surface area contributed by atoms with Gasteiger partial charge in [0.2, 0.25) is 5.91 Å². The standard InChI is InChI=1S/C18H26N4O3S.2ClH/c1-25-17(24)18(8-13-11-26-12-20-13)9-14-2-3-15(18)22(14)10-16(23)21-6-4-19-5-7-21;;/h11-12,14-15,19H,2-10H2,1H3;2*1H/t14-,15+,18+;;/m1../s1. The van der Waals surface area contributed by atoms with Crippen LogP contribution in [-0.2, 0) is 20.7 Å². The van der Waals surface area contributed by atoms with Crippen molar-refractivity contribution < 1.29 is 14.3 Å². The van der Waals surface area contributed by atoms with Crippen molar-refractivity contribution in [2.45, 2.75) is 37.8 Å². The molecule has 0 unspecified atom stereocenters. The number of rotatable bonds is 5. The lowest BCUT2D eigenvalue weighted by atomic mass is 9.71. The zero-order chi connectivity index (χ0) is 18.1. The lowest BCUT2D eigenvalue weighted by Crippen LogP contribution is -2.51. The predicted octanol–water partition coefficient (Wildman–Crippen LogP) is 1.36. The molecule has 158 valence electrons. The van der Waals surface area contributed by atoms with Crippen LogP contribution in [0.1, 0.15) is 25.0 Å². The van der Waals surface area contributed by atoms with E-state index in [2.05, 4.69) is 15.2 Å². The van der Waals surface area contributed by atoms with E-state index in [4.69, 9.17) is 4.74 Å². The van der Waals surface area contributed by atoms with E-state index in [1.165, 1.54) is 7.11 Å². The Bertz CT molecular complexity index is 672. The number of amides is 1. The molecule has 1 N–H and O–H groups in total. The van der Waals surface area contributed by atoms with Crippen LogP contribution in [0.5, 0.6) is 0 Å². The van der Waals surface area contributed by atoms with Gasteiger partial charge < -0.3 is 15.0 Å². The van der Waals surface area contributed by atoms with Crippen LogP contribution >= 0.6 is 36.2 Å². The largest absolute Gasteiger partial charge is 0.469 e. The van der Waals surface area contributed by atoms with Gasteiger partial charge in [-0.1, -0.05) is 0 Å². The first-order valence-corrected chi connectivity index (χ1v) is 10.3. The number of halogens is 2. The number of nitrogens with zero attached hydrogens (tertiary/aromatic N) is 3. The van der Waals surface area contributed by atoms with Crippen LogP contribution in [0.3, 0.4) is 0 Å². The van der Waals surface area contributed by atoms with Crippen LogP contribution in [0.2, 0.25) is 0 Å². The van der Waals surface area contributed by atoms with Crippen molar-refractivity contribution in [3.8, 4) is 0 Å². The van der Waals surface area contributed by atoms with Crippen LogP contribution in [0.4, 0.5) is 0 Å². The van der Waals surface area contributed by atoms with Gasteiger partial charge in [0.05, 0.1) is 30.3 Å². The van der Waals surface area contributed by atoms with Gasteiger partial charge in [-0.25, -0.2) is 4.98 Å². The van der Waals surface area contributed by atoms with E-state index in [0.717, 1.165) is 51.1 Å². The number of esters is 1. The third kappa shape index (κ3) is 4.16. The third-order valence-electron chi connectivity index (χ3n) is 6.24. The Hall–Kier alpha value is -0.930. The summed E-state index contributed by atoms with van der Waals surface area (Å²) < 4.78 is 5.21. The zero-order valence-electron chi connectivity index (χ0n) is 16.0. The molecule has 0 spiro atoms. The van der Waals surface area contributed by atoms with Gasteiger partial charge in [-0.05, 0) is 19.3 Å². The molecule has 1 amide bonds. The van der Waals surface area contributed by atoms with E-state index < -0.39 is 5.41 Å². The maximum Gasteiger partial charge on any atom is 0.313 e. The van der Waals surface area contributed by atoms with Crippen LogP contribution < -0.4 is 5.32 Å². The van der Waals surface area contributed by atoms with E-state index >= 15 is 0 Å². The Balaban J connectivity index is 0.00000140. The maximum atomic E-state index is 12.8. The van der Waals surface area contributed by atoms with E-state index in [9.17, 15) is 9.59 Å². The monoisotopic (exact) mass is 450 g/mol. The second kappa shape index (κ2) is 9.71. The molecule has 0 saturated carbocycles. The highest BCUT2D eigenvalue weighted by Gasteiger charge is 2.60. The third-order valence-corrected chi connectivity index (χ3v) is 6.88. The first-order chi connectivity index (χ1) is 12.6. The first kappa shape index (κ1) is 23.3. The SMILES string of the molecule is COC(=O)[C@@]1(Cc2cscn2)C[C@H]2CC[C@@H]1N2CC(=O)N1CCNCC1.Cl.Cl. The number of methoxy groups -OCH3 is 1. The average molecular weight is 451 g/mol. The average Bonchev–Trinajstić information content (AvgIpc) is 3.38. The van der Waals surface area contributed by atoms with Crippen molar-refractivity contribution in [1.82, 2.24) is 20.1 Å². The van der Waals surface area contributed by atoms with E-state index in [0.29, 0.717) is 13.0 Å². The molecule has 3 aliphatic heterocycles. The van der Waals surface area contributed by atoms with Gasteiger partial charge in [-0.3, -0.25) is 14.5 Å². The van der Waals surface area contributed by atoms with Crippen LogP contribution in [0.25, 0.3) is 0 Å². The van der Waals surface area contributed by atoms with E-state index in [1.807, 2.05) is 10.3 Å². The molecule has 3 atom stereocenters. The van der Waals surface area contributed by atoms with Crippen molar-refractivity contribution >= 4 is 48.0 Å². The smallest absolute Gasteiger partial charge is 0.313 e. The molecule has 3 saturated heterocycles. The topological polar surface area (TPSA) is 74.8 Å². The Morgan fingerprint density at radius 3 is 2.71 bits per heavy atom. The van der Waals surface area contributed by atoms with E-state index in [1.54, 1.807) is 16.8 Å². The lowest BCUT2D eigenvalue weighted by Gasteiger charge is -2.35. The van der Waals surface area contributed by atoms with Gasteiger partial charge in [-0.2, -0.15) is 0 Å². The molecule has 1 aromatic rings. The summed E-state index contributed by atoms with van der Waals surface area (Å²) in [5, 5.41) is 5.29. The first-order valence-electron chi connectivity index (χ1n) is 9.34. The Morgan fingerprint density at radius 1 is 1.32 bits per heavy atom. The molecule has 28 heavy (non-hydrogen) atoms. The van der Waals surface area contributed by atoms with Crippen LogP contribution in [0.15, 0.2) is 10.9 Å². The van der Waals surface area contributed by atoms with Crippen molar-refractivity contribution in [2.75, 3.05) is 39.8 Å². The fraction of sp³-hybridized carbons (Fsp3) is 0.722. The number of ether oxygens (including phenoxy) is 1. The number of aromatic nitrogens is 1. The van der Waals surface area contributed by atoms with Gasteiger partial charge >= 0.3 is 5.97 Å². The van der Waals surface area contributed by atoms with Crippen molar-refractivity contribution in [2.24, 2.45) is 5.41 Å². The number of fused-ring (bicyclic) bond motifs is 2. The number of piperazine rings is 1. The maximum absolute atomic E-state index is 12.8. The predicted molar refractivity (Wildman–Crippen MR) is 112 cm³/mol. The van der Waals surface area contributed by atoms with Crippen molar-refractivity contribution in [3.63, 3.8) is 0 Å². The van der Waals surface area contributed by atoms with Gasteiger partial charge in [0, 0.05) is 50.1 Å². The summed E-state index contributed by atoms with van der Waals surface area (Å²) in [7, 11) is 1.47. The highest BCUT2D eigenvalue weighted by Crippen LogP contribution is 2.52. The molecule has 7 nitrogen and oxygen atoms in total. The van der Waals surface area contributed by atoms with Crippen LogP contribution in [-0.4, -0.2) is 78.6 Å². The molecular formula is C18H28Cl2N4O3S. The van der Waals surface area contributed by atoms with Crippen molar-refractivity contribution in [3.05, 3.63) is 16.6 Å². The number of thiazole rings is 1. The Labute approximate surface area is 182 Å². The quantitative estimate of drug-likeness (QED) is 0.682. The van der Waals surface area contributed by atoms with Gasteiger partial charge in [0.1, 0.15) is 0 Å². The number of hydrogen-bond donors (Lipinski definition) is 1. The molecule has 0 aromatic carbocycles. The summed E-state index contributed by atoms with van der Waals surface area (Å²) in [5.74, 6) is 0.0232. The summed E-state index contributed by atoms with van der Waals surface area (Å²) in [6.07, 6.45) is 3.35. The highest BCUT2D eigenvalue weighted by molar-refractivity contribution is 7.07. The molecule has 10 heteroatoms. The molecule has 1 aromatic heterocycles. The van der Waals surface area contributed by atoms with E-state index in [-0.39, 0.29) is 48.8 Å². The minimum atomic E-state index is -0.574. The summed E-state index contributed by atoms with van der Waals surface area (Å²) in [4.78, 5) is 34.2. The molecule has 2 bridgehead atoms. The minimum absolute atomic E-state index is 0. The Kier molecular flexibility index (Phi) is 8.10. The fourth-order valence-electron chi connectivity index (χ4n) is 5.05. The van der Waals surface area contributed by atoms with Gasteiger partial charge in [0.25, 0.3) is 0 Å². The molecule has 4 rings (SSSR count). The normalized spacial score (nSPS) is 29.1. The molecular weight excluding hydrogens is 423 g/mol. The molecule has 4 heterocycles. The summed E-state index contributed by atoms with van der Waals surface area (Å²) in [5.41, 5.74) is 2.18. The van der Waals surface area contributed by atoms with Crippen molar-refractivity contribution in [1.29, 1.82) is 0 Å². The molecule has 3 fully saturated rings. The lowest BCUT2D eigenvalue weighted by molar-refractivity contribution is -0.155. The zero-order valence-corrected chi connectivity index (χ0v) is 18.4. The number of hydrogen-bond acceptors (Lipinski definition) is 7. The van der Waals surface area contributed by atoms with Gasteiger partial charge in [-0.15, -0.1) is 36.2 Å². The summed E-state index contributed by atoms with van der Waals surface area (Å²) in [6, 6.07) is 0.345. The molecule has 3 aliphatic rings. The fourth-order valence-corrected chi connectivity index (χ4v) is 5.61.